The Hall–Kier alpha value is -6.70. The Morgan fingerprint density at radius 2 is 1.00 bits per heavy atom. The van der Waals surface area contributed by atoms with Gasteiger partial charge < -0.3 is 37.9 Å². The van der Waals surface area contributed by atoms with E-state index in [-0.39, 0.29) is 34.8 Å². The third-order valence-corrected chi connectivity index (χ3v) is 8.48. The molecule has 0 fully saturated rings. The van der Waals surface area contributed by atoms with Crippen molar-refractivity contribution in [1.29, 1.82) is 0 Å². The lowest BCUT2D eigenvalue weighted by Gasteiger charge is -2.16. The van der Waals surface area contributed by atoms with Crippen molar-refractivity contribution in [3.8, 4) is 23.0 Å². The van der Waals surface area contributed by atoms with E-state index in [9.17, 15) is 28.8 Å². The summed E-state index contributed by atoms with van der Waals surface area (Å²) < 4.78 is 43.3. The number of unbranched alkanes of at least 4 members (excludes halogenated alkanes) is 6. The first-order valence-corrected chi connectivity index (χ1v) is 20.0. The minimum atomic E-state index is -0.938. The quantitative estimate of drug-likeness (QED) is 0.0235. The predicted octanol–water partition coefficient (Wildman–Crippen LogP) is 8.52. The Kier molecular flexibility index (Phi) is 21.1. The molecule has 0 N–H and O–H groups in total. The molecule has 0 aliphatic rings. The van der Waals surface area contributed by atoms with Crippen LogP contribution in [-0.4, -0.2) is 75.0 Å². The second kappa shape index (κ2) is 26.4. The van der Waals surface area contributed by atoms with Gasteiger partial charge in [-0.15, -0.1) is 0 Å². The SMILES string of the molecule is C=CC(=O)OCC(C)OC(=O)c1cc(OC(=O)c2ccc(OCCCCCCOC(=O)C(=C)C)cc2)ccc1OC(=O)c1ccc(OCCCCCCOC(=O)C(=C)C)cc1. The summed E-state index contributed by atoms with van der Waals surface area (Å²) in [6, 6.07) is 16.5. The summed E-state index contributed by atoms with van der Waals surface area (Å²) in [5.41, 5.74) is 0.887. The first-order chi connectivity index (χ1) is 29.3. The molecule has 0 aromatic heterocycles. The number of carbonyl (C=O) groups excluding carboxylic acids is 6. The lowest BCUT2D eigenvalue weighted by molar-refractivity contribution is -0.141. The van der Waals surface area contributed by atoms with Crippen molar-refractivity contribution in [2.45, 2.75) is 78.2 Å². The number of hydrogen-bond acceptors (Lipinski definition) is 14. The van der Waals surface area contributed by atoms with Crippen LogP contribution < -0.4 is 18.9 Å². The van der Waals surface area contributed by atoms with E-state index >= 15 is 0 Å². The summed E-state index contributed by atoms with van der Waals surface area (Å²) in [6.07, 6.45) is 6.62. The maximum absolute atomic E-state index is 13.4. The molecule has 14 nitrogen and oxygen atoms in total. The zero-order valence-corrected chi connectivity index (χ0v) is 35.0. The third kappa shape index (κ3) is 18.4. The van der Waals surface area contributed by atoms with Crippen LogP contribution in [0.1, 0.15) is 103 Å². The lowest BCUT2D eigenvalue weighted by Crippen LogP contribution is -2.23. The highest BCUT2D eigenvalue weighted by atomic mass is 16.6. The van der Waals surface area contributed by atoms with Gasteiger partial charge in [-0.1, -0.05) is 19.7 Å². The molecular weight excluding hydrogens is 789 g/mol. The van der Waals surface area contributed by atoms with Gasteiger partial charge in [-0.05, 0) is 139 Å². The van der Waals surface area contributed by atoms with E-state index in [0.29, 0.717) is 49.1 Å². The van der Waals surface area contributed by atoms with E-state index in [1.807, 2.05) is 0 Å². The average molecular weight is 843 g/mol. The highest BCUT2D eigenvalue weighted by Gasteiger charge is 2.23. The Balaban J connectivity index is 1.57. The van der Waals surface area contributed by atoms with E-state index in [0.717, 1.165) is 57.4 Å². The monoisotopic (exact) mass is 842 g/mol. The van der Waals surface area contributed by atoms with Crippen molar-refractivity contribution in [3.05, 3.63) is 120 Å². The Morgan fingerprint density at radius 1 is 0.557 bits per heavy atom. The first-order valence-electron chi connectivity index (χ1n) is 20.0. The van der Waals surface area contributed by atoms with Gasteiger partial charge >= 0.3 is 35.8 Å². The highest BCUT2D eigenvalue weighted by Crippen LogP contribution is 2.28. The van der Waals surface area contributed by atoms with E-state index in [1.165, 1.54) is 49.4 Å². The molecule has 1 atom stereocenters. The van der Waals surface area contributed by atoms with Crippen molar-refractivity contribution < 1.29 is 66.7 Å². The van der Waals surface area contributed by atoms with Crippen molar-refractivity contribution in [2.24, 2.45) is 0 Å². The molecule has 0 aliphatic heterocycles. The van der Waals surface area contributed by atoms with Crippen LogP contribution >= 0.6 is 0 Å². The summed E-state index contributed by atoms with van der Waals surface area (Å²) in [7, 11) is 0. The maximum Gasteiger partial charge on any atom is 0.343 e. The maximum atomic E-state index is 13.4. The van der Waals surface area contributed by atoms with Crippen LogP contribution in [0.15, 0.2) is 104 Å². The predicted molar refractivity (Wildman–Crippen MR) is 225 cm³/mol. The molecule has 0 amide bonds. The van der Waals surface area contributed by atoms with Crippen molar-refractivity contribution in [2.75, 3.05) is 33.0 Å². The molecule has 0 heterocycles. The highest BCUT2D eigenvalue weighted by molar-refractivity contribution is 5.97. The minimum absolute atomic E-state index is 0.0371. The van der Waals surface area contributed by atoms with Gasteiger partial charge in [-0.25, -0.2) is 28.8 Å². The van der Waals surface area contributed by atoms with E-state index in [4.69, 9.17) is 37.9 Å². The van der Waals surface area contributed by atoms with Crippen LogP contribution in [0.4, 0.5) is 0 Å². The van der Waals surface area contributed by atoms with Crippen LogP contribution in [0, 0.1) is 0 Å². The van der Waals surface area contributed by atoms with Crippen LogP contribution in [0.25, 0.3) is 0 Å². The summed E-state index contributed by atoms with van der Waals surface area (Å²) in [5, 5.41) is 0. The molecule has 0 aliphatic carbocycles. The number of hydrogen-bond donors (Lipinski definition) is 0. The second-order valence-electron chi connectivity index (χ2n) is 13.9. The minimum Gasteiger partial charge on any atom is -0.494 e. The molecule has 3 aromatic rings. The van der Waals surface area contributed by atoms with Gasteiger partial charge in [0.2, 0.25) is 0 Å². The number of esters is 6. The molecule has 326 valence electrons. The Labute approximate surface area is 356 Å². The summed E-state index contributed by atoms with van der Waals surface area (Å²) >= 11 is 0. The number of ether oxygens (including phenoxy) is 8. The van der Waals surface area contributed by atoms with Gasteiger partial charge in [0.15, 0.2) is 0 Å². The smallest absolute Gasteiger partial charge is 0.343 e. The number of benzene rings is 3. The normalized spacial score (nSPS) is 10.9. The third-order valence-electron chi connectivity index (χ3n) is 8.48. The lowest BCUT2D eigenvalue weighted by atomic mass is 10.1. The fraction of sp³-hybridized carbons (Fsp3) is 0.362. The Morgan fingerprint density at radius 3 is 1.46 bits per heavy atom. The summed E-state index contributed by atoms with van der Waals surface area (Å²) in [4.78, 5) is 74.1. The van der Waals surface area contributed by atoms with Gasteiger partial charge in [0.05, 0.1) is 37.6 Å². The molecule has 3 aromatic carbocycles. The van der Waals surface area contributed by atoms with Crippen molar-refractivity contribution in [3.63, 3.8) is 0 Å². The molecule has 61 heavy (non-hydrogen) atoms. The zero-order valence-electron chi connectivity index (χ0n) is 35.0. The molecule has 0 radical (unpaired) electrons. The van der Waals surface area contributed by atoms with Gasteiger partial charge in [-0.2, -0.15) is 0 Å². The van der Waals surface area contributed by atoms with Crippen LogP contribution in [-0.2, 0) is 33.3 Å². The standard InChI is InChI=1S/C47H54O14/c1-7-42(48)58-31-34(6)59-47(53)40-30-39(60-45(51)35-16-20-37(21-17-35)54-26-12-8-10-14-28-56-43(49)32(2)3)24-25-41(40)61-46(52)36-18-22-38(23-19-36)55-27-13-9-11-15-29-57-44(50)33(4)5/h7,16-25,30,34H,1-2,4,8-15,26-29,31H2,3,5-6H3. The summed E-state index contributed by atoms with van der Waals surface area (Å²) in [5.74, 6) is -3.05. The molecule has 14 heteroatoms. The summed E-state index contributed by atoms with van der Waals surface area (Å²) in [6.45, 7) is 16.5. The van der Waals surface area contributed by atoms with E-state index in [1.54, 1.807) is 38.1 Å². The van der Waals surface area contributed by atoms with E-state index < -0.39 is 41.9 Å². The second-order valence-corrected chi connectivity index (χ2v) is 13.9. The average Bonchev–Trinajstić information content (AvgIpc) is 3.25. The van der Waals surface area contributed by atoms with Crippen LogP contribution in [0.5, 0.6) is 23.0 Å². The van der Waals surface area contributed by atoms with Crippen LogP contribution in [0.2, 0.25) is 0 Å². The molecule has 0 spiro atoms. The zero-order chi connectivity index (χ0) is 44.6. The van der Waals surface area contributed by atoms with Gasteiger partial charge in [-0.3, -0.25) is 0 Å². The Bertz CT molecular complexity index is 1980. The van der Waals surface area contributed by atoms with Gasteiger partial charge in [0.1, 0.15) is 41.3 Å². The molecule has 0 saturated carbocycles. The topological polar surface area (TPSA) is 176 Å². The van der Waals surface area contributed by atoms with Crippen molar-refractivity contribution in [1.82, 2.24) is 0 Å². The molecular formula is C47H54O14. The first kappa shape index (κ1) is 48.7. The molecule has 0 saturated heterocycles. The number of rotatable bonds is 27. The fourth-order valence-corrected chi connectivity index (χ4v) is 5.13. The molecule has 3 rings (SSSR count). The van der Waals surface area contributed by atoms with Crippen LogP contribution in [0.3, 0.4) is 0 Å². The van der Waals surface area contributed by atoms with Gasteiger partial charge in [0, 0.05) is 17.2 Å². The molecule has 1 unspecified atom stereocenters. The van der Waals surface area contributed by atoms with Gasteiger partial charge in [0.25, 0.3) is 0 Å². The fourth-order valence-electron chi connectivity index (χ4n) is 5.13. The molecule has 0 bridgehead atoms. The largest absolute Gasteiger partial charge is 0.494 e. The number of carbonyl (C=O) groups is 6. The van der Waals surface area contributed by atoms with E-state index in [2.05, 4.69) is 19.7 Å². The van der Waals surface area contributed by atoms with Crippen molar-refractivity contribution >= 4 is 35.8 Å².